The monoisotopic (exact) mass is 362 g/mol. The Bertz CT molecular complexity index is 543. The first-order valence-corrected chi connectivity index (χ1v) is 9.53. The number of guanidine groups is 1. The molecule has 0 bridgehead atoms. The van der Waals surface area contributed by atoms with Gasteiger partial charge in [0.25, 0.3) is 0 Å². The van der Waals surface area contributed by atoms with Gasteiger partial charge in [-0.2, -0.15) is 0 Å². The summed E-state index contributed by atoms with van der Waals surface area (Å²) in [6.45, 7) is 7.72. The number of nitrogens with one attached hydrogen (secondary N) is 3. The van der Waals surface area contributed by atoms with E-state index in [0.717, 1.165) is 24.3 Å². The molecule has 0 aromatic heterocycles. The van der Waals surface area contributed by atoms with Crippen LogP contribution in [0.15, 0.2) is 29.3 Å². The Morgan fingerprint density at radius 1 is 1.15 bits per heavy atom. The van der Waals surface area contributed by atoms with E-state index >= 15 is 0 Å². The zero-order valence-electron chi connectivity index (χ0n) is 16.6. The van der Waals surface area contributed by atoms with Gasteiger partial charge in [0.15, 0.2) is 5.96 Å². The number of carbonyl (C=O) groups excluding carboxylic acids is 1. The average Bonchev–Trinajstić information content (AvgIpc) is 2.65. The summed E-state index contributed by atoms with van der Waals surface area (Å²) in [6.07, 6.45) is 4.76. The van der Waals surface area contributed by atoms with Crippen LogP contribution in [0.1, 0.15) is 52.0 Å². The second-order valence-electron chi connectivity index (χ2n) is 6.36. The Labute approximate surface area is 157 Å². The van der Waals surface area contributed by atoms with E-state index in [1.165, 1.54) is 19.3 Å². The van der Waals surface area contributed by atoms with Crippen molar-refractivity contribution in [3.05, 3.63) is 29.8 Å². The molecule has 0 aliphatic heterocycles. The van der Waals surface area contributed by atoms with E-state index < -0.39 is 0 Å². The van der Waals surface area contributed by atoms with Gasteiger partial charge in [-0.1, -0.05) is 38.3 Å². The van der Waals surface area contributed by atoms with Crippen molar-refractivity contribution in [2.45, 2.75) is 59.0 Å². The van der Waals surface area contributed by atoms with Crippen LogP contribution in [0, 0.1) is 0 Å². The van der Waals surface area contributed by atoms with E-state index in [4.69, 9.17) is 4.74 Å². The van der Waals surface area contributed by atoms with Crippen LogP contribution in [0.2, 0.25) is 0 Å². The van der Waals surface area contributed by atoms with Crippen LogP contribution in [0.5, 0.6) is 5.75 Å². The zero-order chi connectivity index (χ0) is 19.2. The first-order chi connectivity index (χ1) is 12.6. The lowest BCUT2D eigenvalue weighted by Crippen LogP contribution is -2.43. The summed E-state index contributed by atoms with van der Waals surface area (Å²) in [4.78, 5) is 16.4. The van der Waals surface area contributed by atoms with Crippen molar-refractivity contribution in [3.8, 4) is 5.75 Å². The number of carbonyl (C=O) groups is 1. The Hall–Kier alpha value is -2.24. The smallest absolute Gasteiger partial charge is 0.242 e. The van der Waals surface area contributed by atoms with Crippen LogP contribution < -0.4 is 20.7 Å². The molecule has 6 nitrogen and oxygen atoms in total. The van der Waals surface area contributed by atoms with Crippen LogP contribution in [0.4, 0.5) is 0 Å². The predicted molar refractivity (Wildman–Crippen MR) is 108 cm³/mol. The van der Waals surface area contributed by atoms with E-state index in [-0.39, 0.29) is 12.5 Å². The number of benzene rings is 1. The molecule has 0 fully saturated rings. The van der Waals surface area contributed by atoms with Gasteiger partial charge in [0.1, 0.15) is 12.3 Å². The van der Waals surface area contributed by atoms with Crippen molar-refractivity contribution in [1.82, 2.24) is 16.0 Å². The molecule has 1 aromatic rings. The molecule has 1 aromatic carbocycles. The molecule has 0 aliphatic rings. The third-order valence-electron chi connectivity index (χ3n) is 4.00. The fourth-order valence-corrected chi connectivity index (χ4v) is 2.48. The minimum atomic E-state index is -0.100. The number of hydrogen-bond acceptors (Lipinski definition) is 3. The maximum absolute atomic E-state index is 12.0. The Kier molecular flexibility index (Phi) is 10.9. The second-order valence-corrected chi connectivity index (χ2v) is 6.36. The van der Waals surface area contributed by atoms with Gasteiger partial charge in [0.05, 0.1) is 7.11 Å². The third kappa shape index (κ3) is 9.30. The summed E-state index contributed by atoms with van der Waals surface area (Å²) in [7, 11) is 1.63. The number of methoxy groups -OCH3 is 1. The number of unbranched alkanes of at least 4 members (excludes halogenated alkanes) is 2. The lowest BCUT2D eigenvalue weighted by atomic mass is 10.1. The van der Waals surface area contributed by atoms with Gasteiger partial charge in [-0.15, -0.1) is 0 Å². The van der Waals surface area contributed by atoms with Crippen molar-refractivity contribution in [3.63, 3.8) is 0 Å². The van der Waals surface area contributed by atoms with E-state index in [0.29, 0.717) is 18.5 Å². The number of aliphatic imine (C=N–C) groups is 1. The van der Waals surface area contributed by atoms with E-state index in [2.05, 4.69) is 34.8 Å². The highest BCUT2D eigenvalue weighted by Gasteiger charge is 2.06. The summed E-state index contributed by atoms with van der Waals surface area (Å²) < 4.78 is 5.13. The molecule has 0 radical (unpaired) electrons. The standard InChI is InChI=1S/C20H34N4O2/c1-5-7-8-9-16(3)24-20(21-6-2)23-15-19(25)22-14-17-10-12-18(26-4)13-11-17/h10-13,16H,5-9,14-15H2,1-4H3,(H,22,25)(H2,21,23,24). The Balaban J connectivity index is 2.42. The molecule has 0 spiro atoms. The van der Waals surface area contributed by atoms with E-state index in [9.17, 15) is 4.79 Å². The van der Waals surface area contributed by atoms with Crippen molar-refractivity contribution in [2.24, 2.45) is 4.99 Å². The van der Waals surface area contributed by atoms with Crippen molar-refractivity contribution >= 4 is 11.9 Å². The molecular formula is C20H34N4O2. The van der Waals surface area contributed by atoms with E-state index in [1.54, 1.807) is 7.11 Å². The van der Waals surface area contributed by atoms with Gasteiger partial charge in [0.2, 0.25) is 5.91 Å². The molecule has 146 valence electrons. The van der Waals surface area contributed by atoms with Crippen LogP contribution in [-0.2, 0) is 11.3 Å². The van der Waals surface area contributed by atoms with Crippen molar-refractivity contribution in [2.75, 3.05) is 20.2 Å². The van der Waals surface area contributed by atoms with Gasteiger partial charge in [-0.25, -0.2) is 4.99 Å². The average molecular weight is 363 g/mol. The summed E-state index contributed by atoms with van der Waals surface area (Å²) in [5.41, 5.74) is 1.03. The van der Waals surface area contributed by atoms with Gasteiger partial charge >= 0.3 is 0 Å². The van der Waals surface area contributed by atoms with Crippen LogP contribution in [-0.4, -0.2) is 38.1 Å². The molecule has 26 heavy (non-hydrogen) atoms. The van der Waals surface area contributed by atoms with Crippen molar-refractivity contribution in [1.29, 1.82) is 0 Å². The van der Waals surface area contributed by atoms with Gasteiger partial charge in [-0.3, -0.25) is 4.79 Å². The molecule has 0 heterocycles. The molecule has 0 saturated heterocycles. The fraction of sp³-hybridized carbons (Fsp3) is 0.600. The molecule has 6 heteroatoms. The number of ether oxygens (including phenoxy) is 1. The molecule has 0 saturated carbocycles. The summed E-state index contributed by atoms with van der Waals surface area (Å²) in [5.74, 6) is 1.40. The van der Waals surface area contributed by atoms with E-state index in [1.807, 2.05) is 31.2 Å². The first kappa shape index (κ1) is 21.8. The summed E-state index contributed by atoms with van der Waals surface area (Å²) in [5, 5.41) is 9.44. The van der Waals surface area contributed by atoms with Gasteiger partial charge < -0.3 is 20.7 Å². The van der Waals surface area contributed by atoms with Crippen LogP contribution in [0.25, 0.3) is 0 Å². The highest BCUT2D eigenvalue weighted by molar-refractivity contribution is 5.85. The number of nitrogens with zero attached hydrogens (tertiary/aromatic N) is 1. The molecule has 0 aliphatic carbocycles. The SMILES string of the molecule is CCCCCC(C)NC(=NCC(=O)NCc1ccc(OC)cc1)NCC. The number of amides is 1. The fourth-order valence-electron chi connectivity index (χ4n) is 2.48. The predicted octanol–water partition coefficient (Wildman–Crippen LogP) is 2.84. The molecule has 1 unspecified atom stereocenters. The lowest BCUT2D eigenvalue weighted by Gasteiger charge is -2.17. The highest BCUT2D eigenvalue weighted by atomic mass is 16.5. The summed E-state index contributed by atoms with van der Waals surface area (Å²) >= 11 is 0. The maximum atomic E-state index is 12.0. The molecule has 1 atom stereocenters. The normalized spacial score (nSPS) is 12.4. The Morgan fingerprint density at radius 2 is 1.88 bits per heavy atom. The molecule has 1 amide bonds. The highest BCUT2D eigenvalue weighted by Crippen LogP contribution is 2.10. The van der Waals surface area contributed by atoms with Crippen LogP contribution in [0.3, 0.4) is 0 Å². The minimum Gasteiger partial charge on any atom is -0.497 e. The largest absolute Gasteiger partial charge is 0.497 e. The first-order valence-electron chi connectivity index (χ1n) is 9.53. The topological polar surface area (TPSA) is 74.8 Å². The van der Waals surface area contributed by atoms with Gasteiger partial charge in [0, 0.05) is 19.1 Å². The second kappa shape index (κ2) is 13.0. The molecular weight excluding hydrogens is 328 g/mol. The molecule has 1 rings (SSSR count). The zero-order valence-corrected chi connectivity index (χ0v) is 16.6. The maximum Gasteiger partial charge on any atom is 0.242 e. The van der Waals surface area contributed by atoms with Crippen molar-refractivity contribution < 1.29 is 9.53 Å². The molecule has 3 N–H and O–H groups in total. The third-order valence-corrected chi connectivity index (χ3v) is 4.00. The number of hydrogen-bond donors (Lipinski definition) is 3. The van der Waals surface area contributed by atoms with Gasteiger partial charge in [-0.05, 0) is 38.0 Å². The van der Waals surface area contributed by atoms with Crippen LogP contribution >= 0.6 is 0 Å². The lowest BCUT2D eigenvalue weighted by molar-refractivity contribution is -0.119. The summed E-state index contributed by atoms with van der Waals surface area (Å²) in [6, 6.07) is 7.97. The number of rotatable bonds is 11. The quantitative estimate of drug-likeness (QED) is 0.321. The minimum absolute atomic E-state index is 0.100. The Morgan fingerprint density at radius 3 is 2.50 bits per heavy atom.